The lowest BCUT2D eigenvalue weighted by atomic mass is 9.91. The number of carboxylic acids is 2. The molecule has 2 N–H and O–H groups in total. The van der Waals surface area contributed by atoms with Crippen LogP contribution in [0, 0.1) is 0 Å². The molecule has 10 rings (SSSR count). The largest absolute Gasteiger partial charge is 0.494 e. The van der Waals surface area contributed by atoms with E-state index in [1.54, 1.807) is 14.2 Å². The number of benzene rings is 2. The summed E-state index contributed by atoms with van der Waals surface area (Å²) in [5.74, 6) is -1.19. The van der Waals surface area contributed by atoms with Crippen LogP contribution in [0.25, 0.3) is 44.6 Å². The van der Waals surface area contributed by atoms with Gasteiger partial charge >= 0.3 is 11.9 Å². The Morgan fingerprint density at radius 1 is 0.696 bits per heavy atom. The highest BCUT2D eigenvalue weighted by Crippen LogP contribution is 2.52. The number of carbonyl (C=O) groups is 2. The molecule has 0 unspecified atom stereocenters. The van der Waals surface area contributed by atoms with Gasteiger partial charge < -0.3 is 38.3 Å². The molecule has 6 aromatic rings. The molecule has 16 heteroatoms. The van der Waals surface area contributed by atoms with Crippen molar-refractivity contribution in [1.82, 2.24) is 28.7 Å². The average molecular weight is 763 g/mol. The number of methoxy groups -OCH3 is 2. The number of carboxylic acid groups (broad SMARTS) is 2. The van der Waals surface area contributed by atoms with E-state index >= 15 is 0 Å². The number of aromatic nitrogens is 6. The molecule has 2 fully saturated rings. The molecule has 16 nitrogen and oxygen atoms in total. The zero-order chi connectivity index (χ0) is 39.6. The molecule has 4 aliphatic rings. The van der Waals surface area contributed by atoms with E-state index in [4.69, 9.17) is 29.1 Å². The van der Waals surface area contributed by atoms with Crippen molar-refractivity contribution < 1.29 is 38.7 Å². The molecule has 56 heavy (non-hydrogen) atoms. The van der Waals surface area contributed by atoms with Crippen LogP contribution in [-0.2, 0) is 9.47 Å². The van der Waals surface area contributed by atoms with E-state index in [2.05, 4.69) is 0 Å². The van der Waals surface area contributed by atoms with E-state index in [1.165, 1.54) is 24.5 Å². The normalized spacial score (nSPS) is 21.8. The second-order valence-electron chi connectivity index (χ2n) is 15.5. The Hall–Kier alpha value is -6.26. The summed E-state index contributed by atoms with van der Waals surface area (Å²) in [6, 6.07) is 13.4. The van der Waals surface area contributed by atoms with Crippen molar-refractivity contribution in [3.63, 3.8) is 0 Å². The van der Waals surface area contributed by atoms with Crippen molar-refractivity contribution in [2.75, 3.05) is 27.4 Å². The van der Waals surface area contributed by atoms with Crippen LogP contribution in [-0.4, -0.2) is 89.5 Å². The van der Waals surface area contributed by atoms with Crippen molar-refractivity contribution >= 4 is 33.7 Å². The molecule has 288 valence electrons. The third kappa shape index (κ3) is 4.91. The number of nitrogens with zero attached hydrogens (tertiary/aromatic N) is 6. The molecule has 0 aliphatic carbocycles. The number of rotatable bonds is 4. The van der Waals surface area contributed by atoms with E-state index in [0.717, 1.165) is 22.2 Å². The first kappa shape index (κ1) is 35.4. The van der Waals surface area contributed by atoms with Crippen LogP contribution in [0.4, 0.5) is 0 Å². The molecule has 4 aromatic heterocycles. The Morgan fingerprint density at radius 2 is 1.09 bits per heavy atom. The highest BCUT2D eigenvalue weighted by molar-refractivity contribution is 5.98. The lowest BCUT2D eigenvalue weighted by Gasteiger charge is -2.37. The summed E-state index contributed by atoms with van der Waals surface area (Å²) in [5, 5.41) is 30.2. The minimum Gasteiger partial charge on any atom is -0.494 e. The maximum Gasteiger partial charge on any atom is 0.341 e. The van der Waals surface area contributed by atoms with E-state index in [-0.39, 0.29) is 35.3 Å². The maximum atomic E-state index is 12.5. The van der Waals surface area contributed by atoms with Gasteiger partial charge in [-0.25, -0.2) is 9.59 Å². The first-order valence-electron chi connectivity index (χ1n) is 18.0. The quantitative estimate of drug-likeness (QED) is 0.246. The average Bonchev–Trinajstić information content (AvgIpc) is 3.91. The summed E-state index contributed by atoms with van der Waals surface area (Å²) in [4.78, 5) is 48.1. The molecular weight excluding hydrogens is 724 g/mol. The number of hydrogen-bond donors (Lipinski definition) is 2. The number of pyridine rings is 2. The zero-order valence-electron chi connectivity index (χ0n) is 31.3. The topological polar surface area (TPSA) is 191 Å². The Labute approximate surface area is 318 Å². The molecule has 0 amide bonds. The number of hydrogen-bond acceptors (Lipinski definition) is 10. The second kappa shape index (κ2) is 12.1. The predicted molar refractivity (Wildman–Crippen MR) is 202 cm³/mol. The third-order valence-corrected chi connectivity index (χ3v) is 11.6. The number of aromatic carboxylic acids is 2. The van der Waals surface area contributed by atoms with Crippen LogP contribution in [0.2, 0.25) is 0 Å². The zero-order valence-corrected chi connectivity index (χ0v) is 31.3. The molecule has 2 saturated heterocycles. The van der Waals surface area contributed by atoms with Crippen LogP contribution in [0.3, 0.4) is 0 Å². The molecule has 8 heterocycles. The molecular formula is C40H38N6O10. The van der Waals surface area contributed by atoms with E-state index in [1.807, 2.05) is 82.6 Å². The Kier molecular flexibility index (Phi) is 7.67. The highest BCUT2D eigenvalue weighted by Gasteiger charge is 2.51. The minimum atomic E-state index is -1.24. The molecule has 0 bridgehead atoms. The van der Waals surface area contributed by atoms with E-state index in [0.29, 0.717) is 47.1 Å². The fraction of sp³-hybridized carbons (Fsp3) is 0.350. The Morgan fingerprint density at radius 3 is 1.45 bits per heavy atom. The smallest absolute Gasteiger partial charge is 0.341 e. The van der Waals surface area contributed by atoms with Crippen molar-refractivity contribution in [1.29, 1.82) is 0 Å². The van der Waals surface area contributed by atoms with E-state index in [9.17, 15) is 29.4 Å². The van der Waals surface area contributed by atoms with Gasteiger partial charge in [-0.15, -0.1) is 0 Å². The van der Waals surface area contributed by atoms with Crippen LogP contribution in [0.1, 0.15) is 72.6 Å². The lowest BCUT2D eigenvalue weighted by molar-refractivity contribution is 0.0142. The van der Waals surface area contributed by atoms with Gasteiger partial charge in [-0.05, 0) is 39.8 Å². The van der Waals surface area contributed by atoms with Crippen molar-refractivity contribution in [2.45, 2.75) is 63.1 Å². The Bertz CT molecular complexity index is 2600. The van der Waals surface area contributed by atoms with Crippen LogP contribution in [0.15, 0.2) is 70.5 Å². The molecule has 0 radical (unpaired) electrons. The van der Waals surface area contributed by atoms with Crippen molar-refractivity contribution in [2.24, 2.45) is 0 Å². The molecule has 0 saturated carbocycles. The number of fused-ring (bicyclic) bond motifs is 16. The summed E-state index contributed by atoms with van der Waals surface area (Å²) in [5.41, 5.74) is 1.54. The van der Waals surface area contributed by atoms with Gasteiger partial charge in [-0.1, -0.05) is 24.3 Å². The highest BCUT2D eigenvalue weighted by atomic mass is 16.5. The second-order valence-corrected chi connectivity index (χ2v) is 15.5. The van der Waals surface area contributed by atoms with Gasteiger partial charge in [-0.3, -0.25) is 19.0 Å². The fourth-order valence-corrected chi connectivity index (χ4v) is 9.11. The van der Waals surface area contributed by atoms with Gasteiger partial charge in [0.25, 0.3) is 0 Å². The van der Waals surface area contributed by atoms with E-state index < -0.39 is 34.0 Å². The fourth-order valence-electron chi connectivity index (χ4n) is 9.11. The van der Waals surface area contributed by atoms with Crippen molar-refractivity contribution in [3.05, 3.63) is 92.5 Å². The molecule has 4 aliphatic heterocycles. The van der Waals surface area contributed by atoms with Gasteiger partial charge in [0.15, 0.2) is 10.9 Å². The van der Waals surface area contributed by atoms with Crippen LogP contribution < -0.4 is 20.3 Å². The molecule has 0 spiro atoms. The van der Waals surface area contributed by atoms with Gasteiger partial charge in [-0.2, -0.15) is 10.2 Å². The first-order valence-corrected chi connectivity index (χ1v) is 18.0. The molecule has 2 aromatic carbocycles. The lowest BCUT2D eigenvalue weighted by Crippen LogP contribution is -2.38. The summed E-state index contributed by atoms with van der Waals surface area (Å²) in [6.45, 7) is 8.75. The van der Waals surface area contributed by atoms with Crippen molar-refractivity contribution in [3.8, 4) is 34.3 Å². The Balaban J connectivity index is 0.000000146. The third-order valence-electron chi connectivity index (χ3n) is 11.6. The minimum absolute atomic E-state index is 0.126. The van der Waals surface area contributed by atoms with Gasteiger partial charge in [0.05, 0.1) is 85.6 Å². The van der Waals surface area contributed by atoms with Crippen LogP contribution in [0.5, 0.6) is 11.5 Å². The SMILES string of the molecule is COc1cccc2c3n(nc12)[C@@H]1COC(C)(C)[C@@H]1n1cc(C(=O)O)c(=O)cc1-3.COc1cccc2c3n(nc12)[C@H]1COC(C)(C)[C@H]1n1cc(C(=O)O)c(=O)cc1-3. The molecule has 4 atom stereocenters. The maximum absolute atomic E-state index is 12.5. The van der Waals surface area contributed by atoms with Crippen LogP contribution >= 0.6 is 0 Å². The summed E-state index contributed by atoms with van der Waals surface area (Å²) < 4.78 is 30.6. The summed E-state index contributed by atoms with van der Waals surface area (Å²) in [6.07, 6.45) is 2.88. The summed E-state index contributed by atoms with van der Waals surface area (Å²) in [7, 11) is 3.19. The standard InChI is InChI=1S/2C20H19N3O5/c2*1-20(2)18-13(9-28-20)23-17(10-5-4-6-15(27-3)16(10)21-23)12-7-14(24)11(19(25)26)8-22(12)18/h2*4-8,13,18H,9H2,1-3H3,(H,25,26)/t2*13-,18-/m10/s1. The monoisotopic (exact) mass is 762 g/mol. The number of ether oxygens (including phenoxy) is 4. The van der Waals surface area contributed by atoms with Gasteiger partial charge in [0.1, 0.15) is 33.7 Å². The first-order chi connectivity index (χ1) is 26.7. The predicted octanol–water partition coefficient (Wildman–Crippen LogP) is 4.95. The summed E-state index contributed by atoms with van der Waals surface area (Å²) >= 11 is 0. The van der Waals surface area contributed by atoms with Gasteiger partial charge in [0, 0.05) is 35.3 Å². The van der Waals surface area contributed by atoms with Gasteiger partial charge in [0.2, 0.25) is 0 Å².